The van der Waals surface area contributed by atoms with Crippen LogP contribution in [-0.4, -0.2) is 4.98 Å². The summed E-state index contributed by atoms with van der Waals surface area (Å²) in [5.74, 6) is 0.270. The fraction of sp³-hybridized carbons (Fsp3) is 0.143. The van der Waals surface area contributed by atoms with Crippen LogP contribution < -0.4 is 5.73 Å². The fourth-order valence-corrected chi connectivity index (χ4v) is 2.78. The van der Waals surface area contributed by atoms with Crippen LogP contribution >= 0.6 is 0 Å². The van der Waals surface area contributed by atoms with Crippen LogP contribution in [0.4, 0.5) is 5.82 Å². The zero-order valence-corrected chi connectivity index (χ0v) is 13.9. The zero-order valence-electron chi connectivity index (χ0n) is 13.9. The minimum absolute atomic E-state index is 0.270. The number of nitrogens with zero attached hydrogens (tertiary/aromatic N) is 2. The number of nitriles is 1. The summed E-state index contributed by atoms with van der Waals surface area (Å²) in [5, 5.41) is 9.50. The molecule has 2 N–H and O–H groups in total. The van der Waals surface area contributed by atoms with Crippen LogP contribution in [0.1, 0.15) is 23.6 Å². The predicted octanol–water partition coefficient (Wildman–Crippen LogP) is 4.74. The van der Waals surface area contributed by atoms with Crippen molar-refractivity contribution >= 4 is 5.82 Å². The first-order valence-electron chi connectivity index (χ1n) is 7.99. The van der Waals surface area contributed by atoms with Crippen molar-refractivity contribution in [2.24, 2.45) is 0 Å². The van der Waals surface area contributed by atoms with Crippen LogP contribution in [0.5, 0.6) is 0 Å². The Labute approximate surface area is 142 Å². The minimum atomic E-state index is 0.270. The fourth-order valence-electron chi connectivity index (χ4n) is 2.78. The smallest absolute Gasteiger partial charge is 0.142 e. The van der Waals surface area contributed by atoms with Crippen molar-refractivity contribution in [1.29, 1.82) is 5.26 Å². The molecule has 0 unspecified atom stereocenters. The predicted molar refractivity (Wildman–Crippen MR) is 98.4 cm³/mol. The summed E-state index contributed by atoms with van der Waals surface area (Å²) in [5.41, 5.74) is 12.5. The highest BCUT2D eigenvalue weighted by molar-refractivity contribution is 5.80. The number of nitrogen functional groups attached to an aromatic ring is 1. The molecule has 0 bridgehead atoms. The standard InChI is InChI=1S/C21H19N3/c1-3-15-7-9-16(10-8-15)18-12-20(24-21(23)19(18)13-22)17-6-4-5-14(2)11-17/h4-12H,3H2,1-2H3,(H2,23,24). The van der Waals surface area contributed by atoms with E-state index in [9.17, 15) is 5.26 Å². The Hall–Kier alpha value is -3.12. The molecule has 0 aliphatic heterocycles. The summed E-state index contributed by atoms with van der Waals surface area (Å²) in [7, 11) is 0. The second-order valence-electron chi connectivity index (χ2n) is 5.85. The van der Waals surface area contributed by atoms with Crippen LogP contribution in [0, 0.1) is 18.3 Å². The first-order chi connectivity index (χ1) is 11.6. The molecule has 0 saturated heterocycles. The van der Waals surface area contributed by atoms with E-state index in [4.69, 9.17) is 5.73 Å². The molecule has 24 heavy (non-hydrogen) atoms. The van der Waals surface area contributed by atoms with Crippen LogP contribution in [0.3, 0.4) is 0 Å². The van der Waals surface area contributed by atoms with E-state index in [1.54, 1.807) is 0 Å². The molecule has 3 nitrogen and oxygen atoms in total. The van der Waals surface area contributed by atoms with Gasteiger partial charge in [-0.05, 0) is 36.6 Å². The molecule has 2 aromatic carbocycles. The van der Waals surface area contributed by atoms with Crippen molar-refractivity contribution in [2.45, 2.75) is 20.3 Å². The Morgan fingerprint density at radius 2 is 1.79 bits per heavy atom. The van der Waals surface area contributed by atoms with Gasteiger partial charge in [0.05, 0.1) is 5.69 Å². The van der Waals surface area contributed by atoms with Crippen molar-refractivity contribution < 1.29 is 0 Å². The highest BCUT2D eigenvalue weighted by Gasteiger charge is 2.13. The van der Waals surface area contributed by atoms with Crippen LogP contribution in [0.15, 0.2) is 54.6 Å². The molecular weight excluding hydrogens is 294 g/mol. The van der Waals surface area contributed by atoms with E-state index in [1.165, 1.54) is 5.56 Å². The molecule has 0 spiro atoms. The Morgan fingerprint density at radius 1 is 1.04 bits per heavy atom. The summed E-state index contributed by atoms with van der Waals surface area (Å²) in [4.78, 5) is 4.43. The number of pyridine rings is 1. The molecule has 3 rings (SSSR count). The molecule has 0 aliphatic rings. The Balaban J connectivity index is 2.18. The van der Waals surface area contributed by atoms with Crippen LogP contribution in [0.2, 0.25) is 0 Å². The van der Waals surface area contributed by atoms with E-state index < -0.39 is 0 Å². The molecule has 3 heteroatoms. The Kier molecular flexibility index (Phi) is 4.31. The maximum Gasteiger partial charge on any atom is 0.142 e. The second kappa shape index (κ2) is 6.55. The minimum Gasteiger partial charge on any atom is -0.383 e. The third-order valence-corrected chi connectivity index (χ3v) is 4.15. The van der Waals surface area contributed by atoms with E-state index in [0.717, 1.165) is 34.4 Å². The van der Waals surface area contributed by atoms with E-state index in [-0.39, 0.29) is 5.82 Å². The van der Waals surface area contributed by atoms with E-state index in [1.807, 2.05) is 43.3 Å². The first kappa shape index (κ1) is 15.8. The topological polar surface area (TPSA) is 62.7 Å². The van der Waals surface area contributed by atoms with Gasteiger partial charge in [-0.25, -0.2) is 4.98 Å². The van der Waals surface area contributed by atoms with E-state index in [0.29, 0.717) is 5.56 Å². The summed E-state index contributed by atoms with van der Waals surface area (Å²) in [6.45, 7) is 4.16. The largest absolute Gasteiger partial charge is 0.383 e. The lowest BCUT2D eigenvalue weighted by Crippen LogP contribution is -2.00. The maximum atomic E-state index is 9.50. The van der Waals surface area contributed by atoms with Gasteiger partial charge in [-0.3, -0.25) is 0 Å². The lowest BCUT2D eigenvalue weighted by molar-refractivity contribution is 1.14. The van der Waals surface area contributed by atoms with Gasteiger partial charge < -0.3 is 5.73 Å². The molecule has 1 aromatic heterocycles. The van der Waals surface area contributed by atoms with Gasteiger partial charge in [0, 0.05) is 11.1 Å². The third kappa shape index (κ3) is 3.00. The van der Waals surface area contributed by atoms with Gasteiger partial charge in [0.25, 0.3) is 0 Å². The number of benzene rings is 2. The third-order valence-electron chi connectivity index (χ3n) is 4.15. The number of aromatic nitrogens is 1. The first-order valence-corrected chi connectivity index (χ1v) is 7.99. The molecular formula is C21H19N3. The molecule has 0 amide bonds. The van der Waals surface area contributed by atoms with Gasteiger partial charge in [-0.2, -0.15) is 5.26 Å². The lowest BCUT2D eigenvalue weighted by atomic mass is 9.97. The van der Waals surface area contributed by atoms with Gasteiger partial charge in [0.15, 0.2) is 0 Å². The van der Waals surface area contributed by atoms with Gasteiger partial charge in [-0.15, -0.1) is 0 Å². The van der Waals surface area contributed by atoms with Crippen molar-refractivity contribution in [2.75, 3.05) is 5.73 Å². The molecule has 118 valence electrons. The highest BCUT2D eigenvalue weighted by atomic mass is 14.8. The molecule has 0 aliphatic carbocycles. The monoisotopic (exact) mass is 313 g/mol. The number of rotatable bonds is 3. The molecule has 0 saturated carbocycles. The highest BCUT2D eigenvalue weighted by Crippen LogP contribution is 2.31. The normalized spacial score (nSPS) is 10.4. The molecule has 1 heterocycles. The summed E-state index contributed by atoms with van der Waals surface area (Å²) >= 11 is 0. The summed E-state index contributed by atoms with van der Waals surface area (Å²) in [6.07, 6.45) is 0.985. The van der Waals surface area contributed by atoms with Crippen molar-refractivity contribution in [3.05, 3.63) is 71.3 Å². The average molecular weight is 313 g/mol. The number of hydrogen-bond donors (Lipinski definition) is 1. The second-order valence-corrected chi connectivity index (χ2v) is 5.85. The van der Waals surface area contributed by atoms with E-state index >= 15 is 0 Å². The average Bonchev–Trinajstić information content (AvgIpc) is 2.61. The van der Waals surface area contributed by atoms with Crippen molar-refractivity contribution in [3.8, 4) is 28.5 Å². The molecule has 0 atom stereocenters. The summed E-state index contributed by atoms with van der Waals surface area (Å²) < 4.78 is 0. The number of nitrogens with two attached hydrogens (primary N) is 1. The number of hydrogen-bond acceptors (Lipinski definition) is 3. The Bertz CT molecular complexity index is 919. The van der Waals surface area contributed by atoms with Crippen LogP contribution in [0.25, 0.3) is 22.4 Å². The molecule has 0 radical (unpaired) electrons. The van der Waals surface area contributed by atoms with Crippen LogP contribution in [-0.2, 0) is 6.42 Å². The quantitative estimate of drug-likeness (QED) is 0.759. The summed E-state index contributed by atoms with van der Waals surface area (Å²) in [6, 6.07) is 20.5. The van der Waals surface area contributed by atoms with Crippen molar-refractivity contribution in [3.63, 3.8) is 0 Å². The number of anilines is 1. The zero-order chi connectivity index (χ0) is 17.1. The molecule has 3 aromatic rings. The Morgan fingerprint density at radius 3 is 2.42 bits per heavy atom. The van der Waals surface area contributed by atoms with Gasteiger partial charge >= 0.3 is 0 Å². The SMILES string of the molecule is CCc1ccc(-c2cc(-c3cccc(C)c3)nc(N)c2C#N)cc1. The molecule has 0 fully saturated rings. The van der Waals surface area contributed by atoms with Crippen molar-refractivity contribution in [1.82, 2.24) is 4.98 Å². The van der Waals surface area contributed by atoms with Gasteiger partial charge in [-0.1, -0.05) is 55.0 Å². The van der Waals surface area contributed by atoms with Gasteiger partial charge in [0.1, 0.15) is 17.5 Å². The lowest BCUT2D eigenvalue weighted by Gasteiger charge is -2.11. The number of aryl methyl sites for hydroxylation is 2. The van der Waals surface area contributed by atoms with E-state index in [2.05, 4.69) is 36.2 Å². The van der Waals surface area contributed by atoms with Gasteiger partial charge in [0.2, 0.25) is 0 Å². The maximum absolute atomic E-state index is 9.50.